The lowest BCUT2D eigenvalue weighted by atomic mass is 10.1. The van der Waals surface area contributed by atoms with E-state index in [1.54, 1.807) is 6.07 Å². The first-order valence-corrected chi connectivity index (χ1v) is 7.33. The van der Waals surface area contributed by atoms with Crippen molar-refractivity contribution in [2.24, 2.45) is 0 Å². The number of rotatable bonds is 5. The minimum Gasteiger partial charge on any atom is -0.377 e. The van der Waals surface area contributed by atoms with E-state index in [4.69, 9.17) is 4.74 Å². The fourth-order valence-electron chi connectivity index (χ4n) is 2.89. The number of nitrogens with zero attached hydrogens (tertiary/aromatic N) is 1. The highest BCUT2D eigenvalue weighted by Gasteiger charge is 2.21. The van der Waals surface area contributed by atoms with E-state index in [1.807, 2.05) is 18.3 Å². The summed E-state index contributed by atoms with van der Waals surface area (Å²) in [7, 11) is 0. The molecular formula is C16H21FN2O. The average molecular weight is 276 g/mol. The van der Waals surface area contributed by atoms with Gasteiger partial charge in [0.15, 0.2) is 0 Å². The van der Waals surface area contributed by atoms with E-state index in [9.17, 15) is 4.39 Å². The Kier molecular flexibility index (Phi) is 4.03. The van der Waals surface area contributed by atoms with Gasteiger partial charge in [-0.3, -0.25) is 0 Å². The van der Waals surface area contributed by atoms with Gasteiger partial charge in [-0.15, -0.1) is 0 Å². The minimum atomic E-state index is -0.182. The number of hydrogen-bond acceptors (Lipinski definition) is 2. The Hall–Kier alpha value is -1.39. The van der Waals surface area contributed by atoms with Gasteiger partial charge in [-0.1, -0.05) is 0 Å². The molecule has 4 heteroatoms. The molecule has 108 valence electrons. The van der Waals surface area contributed by atoms with Crippen LogP contribution in [-0.4, -0.2) is 29.9 Å². The van der Waals surface area contributed by atoms with Crippen LogP contribution in [0, 0.1) is 5.82 Å². The van der Waals surface area contributed by atoms with Gasteiger partial charge in [0.05, 0.1) is 11.6 Å². The second-order valence-electron chi connectivity index (χ2n) is 5.51. The molecule has 1 aliphatic heterocycles. The van der Waals surface area contributed by atoms with E-state index in [0.717, 1.165) is 43.4 Å². The fourth-order valence-corrected chi connectivity index (χ4v) is 2.89. The summed E-state index contributed by atoms with van der Waals surface area (Å²) >= 11 is 0. The van der Waals surface area contributed by atoms with Crippen molar-refractivity contribution in [3.63, 3.8) is 0 Å². The highest BCUT2D eigenvalue weighted by molar-refractivity contribution is 5.80. The van der Waals surface area contributed by atoms with Crippen LogP contribution in [0.4, 0.5) is 4.39 Å². The predicted molar refractivity (Wildman–Crippen MR) is 78.3 cm³/mol. The first-order chi connectivity index (χ1) is 9.74. The second-order valence-corrected chi connectivity index (χ2v) is 5.51. The molecule has 2 atom stereocenters. The van der Waals surface area contributed by atoms with Crippen LogP contribution in [0.2, 0.25) is 0 Å². The summed E-state index contributed by atoms with van der Waals surface area (Å²) in [5.74, 6) is -0.182. The van der Waals surface area contributed by atoms with Gasteiger partial charge in [0, 0.05) is 31.9 Å². The number of fused-ring (bicyclic) bond motifs is 1. The molecule has 2 heterocycles. The summed E-state index contributed by atoms with van der Waals surface area (Å²) in [6, 6.07) is 7.32. The molecule has 1 aromatic heterocycles. The molecule has 3 nitrogen and oxygen atoms in total. The number of ether oxygens (including phenoxy) is 1. The van der Waals surface area contributed by atoms with Crippen molar-refractivity contribution in [3.8, 4) is 0 Å². The lowest BCUT2D eigenvalue weighted by molar-refractivity contribution is 0.0835. The summed E-state index contributed by atoms with van der Waals surface area (Å²) in [5, 5.41) is 4.58. The van der Waals surface area contributed by atoms with Crippen LogP contribution in [0.25, 0.3) is 10.9 Å². The molecule has 20 heavy (non-hydrogen) atoms. The Morgan fingerprint density at radius 3 is 3.15 bits per heavy atom. The molecule has 0 aliphatic carbocycles. The standard InChI is InChI=1S/C16H21FN2O/c1-12(16-3-2-10-20-16)18-7-9-19-8-6-13-4-5-14(17)11-15(13)19/h4-6,8,11-12,16,18H,2-3,7,9-10H2,1H3. The zero-order valence-electron chi connectivity index (χ0n) is 11.8. The molecule has 1 aliphatic rings. The quantitative estimate of drug-likeness (QED) is 0.908. The van der Waals surface area contributed by atoms with Crippen molar-refractivity contribution in [2.75, 3.05) is 13.2 Å². The smallest absolute Gasteiger partial charge is 0.125 e. The summed E-state index contributed by atoms with van der Waals surface area (Å²) in [6.07, 6.45) is 4.67. The van der Waals surface area contributed by atoms with Crippen molar-refractivity contribution in [3.05, 3.63) is 36.3 Å². The first kappa shape index (κ1) is 13.6. The lowest BCUT2D eigenvalue weighted by Crippen LogP contribution is -2.38. The average Bonchev–Trinajstić information content (AvgIpc) is 3.08. The molecular weight excluding hydrogens is 255 g/mol. The van der Waals surface area contributed by atoms with Crippen LogP contribution in [0.5, 0.6) is 0 Å². The summed E-state index contributed by atoms with van der Waals surface area (Å²) in [6.45, 7) is 4.76. The molecule has 1 N–H and O–H groups in total. The van der Waals surface area contributed by atoms with Gasteiger partial charge in [0.2, 0.25) is 0 Å². The Labute approximate surface area is 118 Å². The van der Waals surface area contributed by atoms with Gasteiger partial charge in [-0.2, -0.15) is 0 Å². The highest BCUT2D eigenvalue weighted by Crippen LogP contribution is 2.17. The molecule has 0 spiro atoms. The lowest BCUT2D eigenvalue weighted by Gasteiger charge is -2.20. The Morgan fingerprint density at radius 2 is 2.35 bits per heavy atom. The van der Waals surface area contributed by atoms with Crippen LogP contribution >= 0.6 is 0 Å². The Morgan fingerprint density at radius 1 is 1.45 bits per heavy atom. The maximum Gasteiger partial charge on any atom is 0.125 e. The zero-order valence-corrected chi connectivity index (χ0v) is 11.8. The largest absolute Gasteiger partial charge is 0.377 e. The SMILES string of the molecule is CC(NCCn1ccc2ccc(F)cc21)C1CCCO1. The van der Waals surface area contributed by atoms with Gasteiger partial charge in [-0.25, -0.2) is 4.39 Å². The molecule has 0 saturated carbocycles. The molecule has 2 unspecified atom stereocenters. The maximum atomic E-state index is 13.3. The third kappa shape index (κ3) is 2.86. The third-order valence-electron chi connectivity index (χ3n) is 4.08. The Bertz CT molecular complexity index is 575. The third-order valence-corrected chi connectivity index (χ3v) is 4.08. The summed E-state index contributed by atoms with van der Waals surface area (Å²) in [5.41, 5.74) is 0.955. The number of nitrogens with one attached hydrogen (secondary N) is 1. The fraction of sp³-hybridized carbons (Fsp3) is 0.500. The Balaban J connectivity index is 1.58. The summed E-state index contributed by atoms with van der Waals surface area (Å²) in [4.78, 5) is 0. The van der Waals surface area contributed by atoms with Crippen molar-refractivity contribution in [1.29, 1.82) is 0 Å². The van der Waals surface area contributed by atoms with Gasteiger partial charge < -0.3 is 14.6 Å². The second kappa shape index (κ2) is 5.94. The van der Waals surface area contributed by atoms with Crippen LogP contribution in [0.15, 0.2) is 30.5 Å². The molecule has 3 rings (SSSR count). The minimum absolute atomic E-state index is 0.182. The summed E-state index contributed by atoms with van der Waals surface area (Å²) < 4.78 is 21.1. The highest BCUT2D eigenvalue weighted by atomic mass is 19.1. The van der Waals surface area contributed by atoms with Crippen LogP contribution < -0.4 is 5.32 Å². The molecule has 0 radical (unpaired) electrons. The first-order valence-electron chi connectivity index (χ1n) is 7.33. The molecule has 0 amide bonds. The number of hydrogen-bond donors (Lipinski definition) is 1. The molecule has 1 saturated heterocycles. The van der Waals surface area contributed by atoms with E-state index in [1.165, 1.54) is 6.07 Å². The van der Waals surface area contributed by atoms with E-state index in [2.05, 4.69) is 16.8 Å². The molecule has 1 aromatic carbocycles. The maximum absolute atomic E-state index is 13.3. The predicted octanol–water partition coefficient (Wildman–Crippen LogP) is 2.94. The van der Waals surface area contributed by atoms with Crippen molar-refractivity contribution in [1.82, 2.24) is 9.88 Å². The normalized spacial score (nSPS) is 20.6. The zero-order chi connectivity index (χ0) is 13.9. The van der Waals surface area contributed by atoms with E-state index in [0.29, 0.717) is 12.1 Å². The van der Waals surface area contributed by atoms with Gasteiger partial charge >= 0.3 is 0 Å². The topological polar surface area (TPSA) is 26.2 Å². The van der Waals surface area contributed by atoms with Crippen LogP contribution in [0.1, 0.15) is 19.8 Å². The number of benzene rings is 1. The van der Waals surface area contributed by atoms with Crippen LogP contribution in [-0.2, 0) is 11.3 Å². The number of halogens is 1. The van der Waals surface area contributed by atoms with Gasteiger partial charge in [0.25, 0.3) is 0 Å². The van der Waals surface area contributed by atoms with Crippen molar-refractivity contribution in [2.45, 2.75) is 38.5 Å². The molecule has 1 fully saturated rings. The van der Waals surface area contributed by atoms with Gasteiger partial charge in [-0.05, 0) is 49.4 Å². The molecule has 2 aromatic rings. The van der Waals surface area contributed by atoms with E-state index >= 15 is 0 Å². The van der Waals surface area contributed by atoms with Gasteiger partial charge in [0.1, 0.15) is 5.82 Å². The van der Waals surface area contributed by atoms with Crippen molar-refractivity contribution < 1.29 is 9.13 Å². The number of aromatic nitrogens is 1. The van der Waals surface area contributed by atoms with Crippen molar-refractivity contribution >= 4 is 10.9 Å². The van der Waals surface area contributed by atoms with E-state index in [-0.39, 0.29) is 5.82 Å². The monoisotopic (exact) mass is 276 g/mol. The van der Waals surface area contributed by atoms with Crippen LogP contribution in [0.3, 0.4) is 0 Å². The molecule has 0 bridgehead atoms. The van der Waals surface area contributed by atoms with E-state index < -0.39 is 0 Å².